The maximum Gasteiger partial charge on any atom is 0.305 e. The summed E-state index contributed by atoms with van der Waals surface area (Å²) in [5.74, 6) is -1.43. The minimum Gasteiger partial charge on any atom is -0.481 e. The zero-order chi connectivity index (χ0) is 17.5. The minimum atomic E-state index is -0.969. The molecular weight excluding hydrogens is 346 g/mol. The lowest BCUT2D eigenvalue weighted by atomic mass is 9.86. The first kappa shape index (κ1) is 20.9. The van der Waals surface area contributed by atoms with Gasteiger partial charge in [-0.2, -0.15) is 0 Å². The molecule has 0 heterocycles. The van der Waals surface area contributed by atoms with E-state index >= 15 is 0 Å². The van der Waals surface area contributed by atoms with E-state index in [0.29, 0.717) is 11.3 Å². The molecule has 138 valence electrons. The van der Waals surface area contributed by atoms with Gasteiger partial charge >= 0.3 is 5.97 Å². The van der Waals surface area contributed by atoms with Gasteiger partial charge in [0.25, 0.3) is 5.91 Å². The predicted molar refractivity (Wildman–Crippen MR) is 96.8 cm³/mol. The van der Waals surface area contributed by atoms with Gasteiger partial charge in [0.05, 0.1) is 6.42 Å². The van der Waals surface area contributed by atoms with Crippen LogP contribution in [0.2, 0.25) is 0 Å². The number of benzene rings is 1. The van der Waals surface area contributed by atoms with Gasteiger partial charge in [-0.25, -0.2) is 0 Å². The Kier molecular flexibility index (Phi) is 8.37. The molecule has 1 aliphatic carbocycles. The molecule has 8 heteroatoms. The molecule has 0 bridgehead atoms. The number of amides is 2. The zero-order valence-corrected chi connectivity index (χ0v) is 14.7. The Morgan fingerprint density at radius 2 is 1.84 bits per heavy atom. The summed E-state index contributed by atoms with van der Waals surface area (Å²) in [4.78, 5) is 34.7. The highest BCUT2D eigenvalue weighted by atomic mass is 35.5. The number of hydrogen-bond acceptors (Lipinski definition) is 4. The molecule has 0 atom stereocenters. The second kappa shape index (κ2) is 10.0. The second-order valence-corrected chi connectivity index (χ2v) is 6.08. The summed E-state index contributed by atoms with van der Waals surface area (Å²) in [6.07, 6.45) is 3.13. The van der Waals surface area contributed by atoms with Crippen LogP contribution >= 0.6 is 12.4 Å². The van der Waals surface area contributed by atoms with E-state index in [4.69, 9.17) is 10.8 Å². The van der Waals surface area contributed by atoms with Crippen molar-refractivity contribution >= 4 is 35.9 Å². The number of anilines is 1. The summed E-state index contributed by atoms with van der Waals surface area (Å²) in [6.45, 7) is 0.0626. The first-order valence-corrected chi connectivity index (χ1v) is 8.12. The predicted octanol–water partition coefficient (Wildman–Crippen LogP) is 1.77. The molecule has 25 heavy (non-hydrogen) atoms. The Morgan fingerprint density at radius 1 is 1.16 bits per heavy atom. The van der Waals surface area contributed by atoms with Gasteiger partial charge in [-0.3, -0.25) is 14.4 Å². The Labute approximate surface area is 152 Å². The van der Waals surface area contributed by atoms with Crippen molar-refractivity contribution in [1.29, 1.82) is 0 Å². The van der Waals surface area contributed by atoms with Gasteiger partial charge in [-0.1, -0.05) is 6.07 Å². The molecule has 0 unspecified atom stereocenters. The van der Waals surface area contributed by atoms with E-state index < -0.39 is 5.97 Å². The molecule has 1 fully saturated rings. The van der Waals surface area contributed by atoms with Crippen LogP contribution in [0.3, 0.4) is 0 Å². The number of carbonyl (C=O) groups excluding carboxylic acids is 2. The number of halogens is 1. The number of carboxylic acids is 1. The molecule has 0 aliphatic heterocycles. The number of nitrogens with one attached hydrogen (secondary N) is 2. The van der Waals surface area contributed by atoms with Crippen molar-refractivity contribution in [2.24, 2.45) is 11.7 Å². The normalized spacial score (nSPS) is 19.4. The Balaban J connectivity index is 0.00000312. The first-order chi connectivity index (χ1) is 11.5. The van der Waals surface area contributed by atoms with Gasteiger partial charge in [0, 0.05) is 29.8 Å². The van der Waals surface area contributed by atoms with Gasteiger partial charge in [-0.15, -0.1) is 12.4 Å². The van der Waals surface area contributed by atoms with Crippen LogP contribution in [0.15, 0.2) is 24.3 Å². The van der Waals surface area contributed by atoms with E-state index in [2.05, 4.69) is 10.6 Å². The summed E-state index contributed by atoms with van der Waals surface area (Å²) in [7, 11) is 0. The van der Waals surface area contributed by atoms with Crippen LogP contribution in [-0.4, -0.2) is 35.5 Å². The molecule has 5 N–H and O–H groups in total. The van der Waals surface area contributed by atoms with Gasteiger partial charge in [0.1, 0.15) is 0 Å². The van der Waals surface area contributed by atoms with E-state index in [9.17, 15) is 14.4 Å². The van der Waals surface area contributed by atoms with Crippen LogP contribution < -0.4 is 16.4 Å². The lowest BCUT2D eigenvalue weighted by Crippen LogP contribution is -2.32. The van der Waals surface area contributed by atoms with Crippen molar-refractivity contribution in [3.8, 4) is 0 Å². The lowest BCUT2D eigenvalue weighted by molar-refractivity contribution is -0.136. The number of carbonyl (C=O) groups is 3. The van der Waals surface area contributed by atoms with Crippen LogP contribution in [0.1, 0.15) is 42.5 Å². The zero-order valence-electron chi connectivity index (χ0n) is 13.9. The molecule has 7 nitrogen and oxygen atoms in total. The minimum absolute atomic E-state index is 0. The van der Waals surface area contributed by atoms with E-state index in [1.807, 2.05) is 0 Å². The fraction of sp³-hybridized carbons (Fsp3) is 0.471. The molecule has 2 amide bonds. The third kappa shape index (κ3) is 6.72. The highest BCUT2D eigenvalue weighted by Crippen LogP contribution is 2.24. The van der Waals surface area contributed by atoms with Gasteiger partial charge < -0.3 is 21.5 Å². The van der Waals surface area contributed by atoms with E-state index in [1.165, 1.54) is 0 Å². The molecule has 2 rings (SSSR count). The van der Waals surface area contributed by atoms with Crippen molar-refractivity contribution < 1.29 is 19.5 Å². The lowest BCUT2D eigenvalue weighted by Gasteiger charge is -2.25. The quantitative estimate of drug-likeness (QED) is 0.608. The van der Waals surface area contributed by atoms with Crippen LogP contribution in [0.4, 0.5) is 5.69 Å². The maximum atomic E-state index is 12.3. The molecule has 0 aromatic heterocycles. The standard InChI is InChI=1S/C17H23N3O4.ClH/c18-13-6-4-11(5-7-13)17(24)20-14-3-1-2-12(10-14)16(23)19-9-8-15(21)22;/h1-3,10-11,13H,4-9,18H2,(H,19,23)(H,20,24)(H,21,22);1H. The smallest absolute Gasteiger partial charge is 0.305 e. The summed E-state index contributed by atoms with van der Waals surface area (Å²) >= 11 is 0. The SMILES string of the molecule is Cl.NC1CCC(C(=O)Nc2cccc(C(=O)NCCC(=O)O)c2)CC1. The summed E-state index contributed by atoms with van der Waals surface area (Å²) < 4.78 is 0. The average molecular weight is 370 g/mol. The average Bonchev–Trinajstić information content (AvgIpc) is 2.55. The maximum absolute atomic E-state index is 12.3. The topological polar surface area (TPSA) is 122 Å². The summed E-state index contributed by atoms with van der Waals surface area (Å²) in [5, 5.41) is 13.9. The van der Waals surface area contributed by atoms with Crippen molar-refractivity contribution in [3.63, 3.8) is 0 Å². The summed E-state index contributed by atoms with van der Waals surface area (Å²) in [5.41, 5.74) is 6.78. The fourth-order valence-corrected chi connectivity index (χ4v) is 2.75. The monoisotopic (exact) mass is 369 g/mol. The molecule has 1 aliphatic rings. The molecule has 1 aromatic rings. The van der Waals surface area contributed by atoms with Crippen LogP contribution in [0.25, 0.3) is 0 Å². The van der Waals surface area contributed by atoms with Gasteiger partial charge in [0.15, 0.2) is 0 Å². The van der Waals surface area contributed by atoms with E-state index in [1.54, 1.807) is 24.3 Å². The Morgan fingerprint density at radius 3 is 2.48 bits per heavy atom. The molecule has 0 spiro atoms. The highest BCUT2D eigenvalue weighted by Gasteiger charge is 2.24. The third-order valence-electron chi connectivity index (χ3n) is 4.16. The summed E-state index contributed by atoms with van der Waals surface area (Å²) in [6, 6.07) is 6.79. The van der Waals surface area contributed by atoms with Crippen molar-refractivity contribution in [3.05, 3.63) is 29.8 Å². The van der Waals surface area contributed by atoms with E-state index in [0.717, 1.165) is 25.7 Å². The third-order valence-corrected chi connectivity index (χ3v) is 4.16. The number of nitrogens with two attached hydrogens (primary N) is 1. The van der Waals surface area contributed by atoms with Crippen LogP contribution in [0, 0.1) is 5.92 Å². The molecule has 0 saturated heterocycles. The molecular formula is C17H24ClN3O4. The Bertz CT molecular complexity index is 616. The molecule has 1 saturated carbocycles. The highest BCUT2D eigenvalue weighted by molar-refractivity contribution is 5.97. The molecule has 0 radical (unpaired) electrons. The molecule has 1 aromatic carbocycles. The van der Waals surface area contributed by atoms with Crippen molar-refractivity contribution in [1.82, 2.24) is 5.32 Å². The van der Waals surface area contributed by atoms with Crippen LogP contribution in [-0.2, 0) is 9.59 Å². The largest absolute Gasteiger partial charge is 0.481 e. The number of carboxylic acid groups (broad SMARTS) is 1. The van der Waals surface area contributed by atoms with E-state index in [-0.39, 0.29) is 49.1 Å². The number of hydrogen-bond donors (Lipinski definition) is 4. The number of rotatable bonds is 6. The van der Waals surface area contributed by atoms with Crippen molar-refractivity contribution in [2.45, 2.75) is 38.1 Å². The fourth-order valence-electron chi connectivity index (χ4n) is 2.75. The van der Waals surface area contributed by atoms with Gasteiger partial charge in [0.2, 0.25) is 5.91 Å². The van der Waals surface area contributed by atoms with Gasteiger partial charge in [-0.05, 0) is 43.9 Å². The number of aliphatic carboxylic acids is 1. The second-order valence-electron chi connectivity index (χ2n) is 6.08. The first-order valence-electron chi connectivity index (χ1n) is 8.12. The van der Waals surface area contributed by atoms with Crippen molar-refractivity contribution in [2.75, 3.05) is 11.9 Å². The van der Waals surface area contributed by atoms with Crippen LogP contribution in [0.5, 0.6) is 0 Å². The Hall–Kier alpha value is -2.12.